The number of fused-ring (bicyclic) bond motifs is 3. The predicted molar refractivity (Wildman–Crippen MR) is 192 cm³/mol. The Kier molecular flexibility index (Phi) is 10.8. The second-order valence-corrected chi connectivity index (χ2v) is 14.9. The first-order valence-corrected chi connectivity index (χ1v) is 19.0. The Morgan fingerprint density at radius 1 is 1.10 bits per heavy atom. The van der Waals surface area contributed by atoms with Gasteiger partial charge in [0.05, 0.1) is 24.5 Å². The van der Waals surface area contributed by atoms with E-state index < -0.39 is 33.8 Å². The van der Waals surface area contributed by atoms with Crippen LogP contribution >= 0.6 is 0 Å². The number of sulfonamides is 1. The van der Waals surface area contributed by atoms with Crippen molar-refractivity contribution in [2.45, 2.75) is 63.4 Å². The van der Waals surface area contributed by atoms with Gasteiger partial charge in [-0.3, -0.25) is 9.52 Å². The zero-order chi connectivity index (χ0) is 35.6. The molecule has 50 heavy (non-hydrogen) atoms. The van der Waals surface area contributed by atoms with E-state index in [1.165, 1.54) is 11.3 Å². The van der Waals surface area contributed by atoms with E-state index in [0.717, 1.165) is 85.3 Å². The van der Waals surface area contributed by atoms with Crippen LogP contribution in [0.4, 0.5) is 11.4 Å². The summed E-state index contributed by atoms with van der Waals surface area (Å²) in [7, 11) is -3.36. The molecule has 3 unspecified atom stereocenters. The summed E-state index contributed by atoms with van der Waals surface area (Å²) in [5.74, 6) is -0.427. The van der Waals surface area contributed by atoms with E-state index >= 15 is 0 Å². The number of rotatable bonds is 10. The Morgan fingerprint density at radius 3 is 2.58 bits per heavy atom. The first-order chi connectivity index (χ1) is 24.0. The van der Waals surface area contributed by atoms with Crippen molar-refractivity contribution in [2.75, 3.05) is 55.2 Å². The minimum atomic E-state index is -3.36. The normalized spacial score (nSPS) is 20.0. The van der Waals surface area contributed by atoms with Crippen LogP contribution in [0.25, 0.3) is 21.9 Å². The van der Waals surface area contributed by atoms with Crippen LogP contribution < -0.4 is 32.0 Å². The van der Waals surface area contributed by atoms with Crippen LogP contribution in [0.15, 0.2) is 45.7 Å². The lowest BCUT2D eigenvalue weighted by molar-refractivity contribution is -0.0429. The fraction of sp³-hybridized carbons (Fsp3) is 0.486. The van der Waals surface area contributed by atoms with Gasteiger partial charge in [-0.15, -0.1) is 0 Å². The molecule has 3 atom stereocenters. The van der Waals surface area contributed by atoms with E-state index in [9.17, 15) is 28.2 Å². The SMILES string of the molecule is CS(=O)(=O)Nc1ccc2c(c1)c(CCCN)cn2C1CC(O)C(CO)O1.NCCNC(=O)c1cc2cc3c4c(c2oc1=O)CCCN4CCC3. The number of aliphatic hydroxyl groups excluding tert-OH is 2. The van der Waals surface area contributed by atoms with E-state index in [1.54, 1.807) is 18.2 Å². The molecule has 4 aromatic rings. The molecule has 1 saturated heterocycles. The summed E-state index contributed by atoms with van der Waals surface area (Å²) in [5.41, 5.74) is 17.2. The monoisotopic (exact) mass is 710 g/mol. The summed E-state index contributed by atoms with van der Waals surface area (Å²) in [6, 6.07) is 9.07. The number of nitrogens with one attached hydrogen (secondary N) is 2. The van der Waals surface area contributed by atoms with Crippen LogP contribution in [0.3, 0.4) is 0 Å². The third kappa shape index (κ3) is 7.53. The van der Waals surface area contributed by atoms with Gasteiger partial charge in [0.2, 0.25) is 10.0 Å². The molecule has 1 fully saturated rings. The van der Waals surface area contributed by atoms with Gasteiger partial charge in [0.15, 0.2) is 0 Å². The van der Waals surface area contributed by atoms with Gasteiger partial charge in [0, 0.05) is 66.5 Å². The van der Waals surface area contributed by atoms with Crippen molar-refractivity contribution in [1.29, 1.82) is 0 Å². The summed E-state index contributed by atoms with van der Waals surface area (Å²) in [6.45, 7) is 3.11. The molecule has 2 aromatic heterocycles. The Labute approximate surface area is 290 Å². The molecule has 14 nitrogen and oxygen atoms in total. The minimum absolute atomic E-state index is 0.0478. The topological polar surface area (TPSA) is 215 Å². The van der Waals surface area contributed by atoms with Crippen LogP contribution in [0, 0.1) is 0 Å². The number of ether oxygens (including phenoxy) is 1. The fourth-order valence-electron chi connectivity index (χ4n) is 7.27. The number of hydrogen-bond donors (Lipinski definition) is 6. The Morgan fingerprint density at radius 2 is 1.88 bits per heavy atom. The zero-order valence-electron chi connectivity index (χ0n) is 28.2. The smallest absolute Gasteiger partial charge is 0.349 e. The molecule has 0 saturated carbocycles. The lowest BCUT2D eigenvalue weighted by Gasteiger charge is -2.37. The number of aliphatic hydroxyl groups is 2. The van der Waals surface area contributed by atoms with Crippen molar-refractivity contribution in [2.24, 2.45) is 11.5 Å². The number of carbonyl (C=O) groups is 1. The molecule has 0 spiro atoms. The number of aryl methyl sites for hydroxylation is 3. The van der Waals surface area contributed by atoms with E-state index in [2.05, 4.69) is 21.0 Å². The molecule has 0 radical (unpaired) electrons. The van der Waals surface area contributed by atoms with Crippen LogP contribution in [-0.2, 0) is 34.0 Å². The van der Waals surface area contributed by atoms with Gasteiger partial charge < -0.3 is 45.6 Å². The maximum absolute atomic E-state index is 12.3. The highest BCUT2D eigenvalue weighted by Gasteiger charge is 2.35. The predicted octanol–water partition coefficient (Wildman–Crippen LogP) is 1.73. The number of anilines is 2. The number of nitrogens with two attached hydrogens (primary N) is 2. The van der Waals surface area contributed by atoms with Crippen molar-refractivity contribution in [3.05, 3.63) is 69.2 Å². The van der Waals surface area contributed by atoms with Crippen LogP contribution in [-0.4, -0.2) is 86.9 Å². The van der Waals surface area contributed by atoms with Crippen molar-refractivity contribution in [3.8, 4) is 0 Å². The fourth-order valence-corrected chi connectivity index (χ4v) is 7.82. The summed E-state index contributed by atoms with van der Waals surface area (Å²) in [5, 5.41) is 23.7. The molecule has 15 heteroatoms. The number of hydrogen-bond acceptors (Lipinski definition) is 11. The highest BCUT2D eigenvalue weighted by molar-refractivity contribution is 7.92. The maximum Gasteiger partial charge on any atom is 0.349 e. The van der Waals surface area contributed by atoms with E-state index in [1.807, 2.05) is 16.8 Å². The first-order valence-electron chi connectivity index (χ1n) is 17.1. The first kappa shape index (κ1) is 35.8. The summed E-state index contributed by atoms with van der Waals surface area (Å²) in [6.07, 6.45) is 7.45. The molecule has 270 valence electrons. The summed E-state index contributed by atoms with van der Waals surface area (Å²) >= 11 is 0. The van der Waals surface area contributed by atoms with Crippen LogP contribution in [0.5, 0.6) is 0 Å². The minimum Gasteiger partial charge on any atom is -0.422 e. The molecule has 2 aromatic carbocycles. The van der Waals surface area contributed by atoms with Crippen molar-refractivity contribution in [3.63, 3.8) is 0 Å². The zero-order valence-corrected chi connectivity index (χ0v) is 29.0. The quantitative estimate of drug-likeness (QED) is 0.130. The standard InChI is InChI=1S/C18H21N3O3.C17H25N3O5S/c19-5-6-20-17(22)14-10-12-9-11-3-1-7-21-8-2-4-13(15(11)21)16(12)24-18(14)23;1-26(23,24)19-12-4-5-14-13(7-12)11(3-2-6-18)9-20(14)17-8-15(22)16(10-21)25-17/h9-10H,1-8,19H2,(H,20,22);4-5,7,9,15-17,19,21-22H,2-3,6,8,10,18H2,1H3. The molecular weight excluding hydrogens is 664 g/mol. The molecule has 0 aliphatic carbocycles. The van der Waals surface area contributed by atoms with Gasteiger partial charge in [0.25, 0.3) is 5.91 Å². The Bertz CT molecular complexity index is 2040. The third-order valence-corrected chi connectivity index (χ3v) is 10.1. The molecule has 8 N–H and O–H groups in total. The van der Waals surface area contributed by atoms with Gasteiger partial charge in [0.1, 0.15) is 23.5 Å². The molecule has 3 aliphatic heterocycles. The molecular formula is C35H46N6O8S. The molecule has 5 heterocycles. The van der Waals surface area contributed by atoms with Gasteiger partial charge in [-0.05, 0) is 86.5 Å². The number of carbonyl (C=O) groups excluding carboxylic acids is 1. The number of benzene rings is 2. The summed E-state index contributed by atoms with van der Waals surface area (Å²) < 4.78 is 38.8. The highest BCUT2D eigenvalue weighted by Crippen LogP contribution is 2.40. The summed E-state index contributed by atoms with van der Waals surface area (Å²) in [4.78, 5) is 26.8. The maximum atomic E-state index is 12.3. The van der Waals surface area contributed by atoms with E-state index in [4.69, 9.17) is 20.6 Å². The van der Waals surface area contributed by atoms with E-state index in [0.29, 0.717) is 37.3 Å². The van der Waals surface area contributed by atoms with Crippen molar-refractivity contribution < 1.29 is 32.6 Å². The third-order valence-electron chi connectivity index (χ3n) is 9.45. The largest absolute Gasteiger partial charge is 0.422 e. The Balaban J connectivity index is 0.000000173. The van der Waals surface area contributed by atoms with Gasteiger partial charge in [-0.25, -0.2) is 13.2 Å². The van der Waals surface area contributed by atoms with Gasteiger partial charge >= 0.3 is 5.63 Å². The molecule has 1 amide bonds. The average molecular weight is 711 g/mol. The molecule has 0 bridgehead atoms. The average Bonchev–Trinajstić information content (AvgIpc) is 3.65. The number of nitrogens with zero attached hydrogens (tertiary/aromatic N) is 2. The van der Waals surface area contributed by atoms with Gasteiger partial charge in [-0.2, -0.15) is 0 Å². The second kappa shape index (κ2) is 15.1. The highest BCUT2D eigenvalue weighted by atomic mass is 32.2. The number of aromatic nitrogens is 1. The molecule has 7 rings (SSSR count). The number of amides is 1. The lowest BCUT2D eigenvalue weighted by atomic mass is 9.90. The van der Waals surface area contributed by atoms with Gasteiger partial charge in [-0.1, -0.05) is 0 Å². The van der Waals surface area contributed by atoms with E-state index in [-0.39, 0.29) is 18.4 Å². The lowest BCUT2D eigenvalue weighted by Crippen LogP contribution is -2.35. The van der Waals surface area contributed by atoms with Crippen LogP contribution in [0.1, 0.15) is 59.0 Å². The van der Waals surface area contributed by atoms with Crippen LogP contribution in [0.2, 0.25) is 0 Å². The van der Waals surface area contributed by atoms with Crippen molar-refractivity contribution in [1.82, 2.24) is 9.88 Å². The second-order valence-electron chi connectivity index (χ2n) is 13.1. The molecule has 3 aliphatic rings. The van der Waals surface area contributed by atoms with Crippen molar-refractivity contribution >= 4 is 49.2 Å². The Hall–Kier alpha value is -3.99.